The number of nitrogens with zero attached hydrogens (tertiary/aromatic N) is 1. The van der Waals surface area contributed by atoms with Gasteiger partial charge in [0.15, 0.2) is 11.6 Å². The minimum Gasteiger partial charge on any atom is -0.371 e. The highest BCUT2D eigenvalue weighted by Gasteiger charge is 2.24. The van der Waals surface area contributed by atoms with Crippen molar-refractivity contribution in [3.63, 3.8) is 0 Å². The summed E-state index contributed by atoms with van der Waals surface area (Å²) in [7, 11) is 0. The van der Waals surface area contributed by atoms with Crippen molar-refractivity contribution in [2.75, 3.05) is 31.1 Å². The molecular formula is C18H18BrF2N3O2S. The van der Waals surface area contributed by atoms with Crippen LogP contribution >= 0.6 is 27.3 Å². The molecule has 27 heavy (non-hydrogen) atoms. The summed E-state index contributed by atoms with van der Waals surface area (Å²) in [6.07, 6.45) is 0.842. The van der Waals surface area contributed by atoms with E-state index in [0.29, 0.717) is 23.7 Å². The molecule has 144 valence electrons. The van der Waals surface area contributed by atoms with Gasteiger partial charge in [-0.1, -0.05) is 0 Å². The van der Waals surface area contributed by atoms with Crippen molar-refractivity contribution in [2.45, 2.75) is 6.42 Å². The summed E-state index contributed by atoms with van der Waals surface area (Å²) in [6.45, 7) is 1.75. The van der Waals surface area contributed by atoms with Gasteiger partial charge in [-0.15, -0.1) is 11.3 Å². The van der Waals surface area contributed by atoms with E-state index in [1.165, 1.54) is 17.4 Å². The summed E-state index contributed by atoms with van der Waals surface area (Å²) in [6, 6.07) is 7.33. The molecule has 2 aromatic rings. The summed E-state index contributed by atoms with van der Waals surface area (Å²) < 4.78 is 27.3. The Labute approximate surface area is 167 Å². The SMILES string of the molecule is O=C(CNC(=O)c1ccc(Br)s1)NC[C@@H]1CCN(c2ccc(F)c(F)c2)C1. The van der Waals surface area contributed by atoms with Crippen LogP contribution in [-0.2, 0) is 4.79 Å². The van der Waals surface area contributed by atoms with Gasteiger partial charge in [0.25, 0.3) is 5.91 Å². The molecule has 0 bridgehead atoms. The molecule has 5 nitrogen and oxygen atoms in total. The number of rotatable bonds is 6. The lowest BCUT2D eigenvalue weighted by molar-refractivity contribution is -0.120. The van der Waals surface area contributed by atoms with Crippen molar-refractivity contribution < 1.29 is 18.4 Å². The van der Waals surface area contributed by atoms with Crippen LogP contribution in [0.1, 0.15) is 16.1 Å². The lowest BCUT2D eigenvalue weighted by Crippen LogP contribution is -2.39. The molecule has 0 radical (unpaired) electrons. The first-order chi connectivity index (χ1) is 12.9. The molecule has 2 heterocycles. The van der Waals surface area contributed by atoms with Gasteiger partial charge in [0.1, 0.15) is 0 Å². The summed E-state index contributed by atoms with van der Waals surface area (Å²) in [5.41, 5.74) is 0.636. The van der Waals surface area contributed by atoms with Gasteiger partial charge in [0.05, 0.1) is 15.2 Å². The first kappa shape index (κ1) is 19.8. The van der Waals surface area contributed by atoms with Crippen LogP contribution in [0.3, 0.4) is 0 Å². The average Bonchev–Trinajstić information content (AvgIpc) is 3.29. The topological polar surface area (TPSA) is 61.4 Å². The van der Waals surface area contributed by atoms with E-state index < -0.39 is 11.6 Å². The van der Waals surface area contributed by atoms with Crippen molar-refractivity contribution in [3.8, 4) is 0 Å². The summed E-state index contributed by atoms with van der Waals surface area (Å²) in [4.78, 5) is 26.3. The number of halogens is 3. The van der Waals surface area contributed by atoms with E-state index in [9.17, 15) is 18.4 Å². The highest BCUT2D eigenvalue weighted by Crippen LogP contribution is 2.25. The summed E-state index contributed by atoms with van der Waals surface area (Å²) in [5, 5.41) is 5.39. The molecule has 0 unspecified atom stereocenters. The fourth-order valence-corrected chi connectivity index (χ4v) is 4.22. The fourth-order valence-electron chi connectivity index (χ4n) is 2.92. The van der Waals surface area contributed by atoms with Gasteiger partial charge in [0, 0.05) is 31.4 Å². The molecule has 0 saturated carbocycles. The van der Waals surface area contributed by atoms with Crippen LogP contribution in [0.25, 0.3) is 0 Å². The standard InChI is InChI=1S/C18H18BrF2N3O2S/c19-16-4-3-15(27-16)18(26)23-9-17(25)22-8-11-5-6-24(10-11)12-1-2-13(20)14(21)7-12/h1-4,7,11H,5-6,8-10H2,(H,22,25)(H,23,26)/t11-/m0/s1. The normalized spacial score (nSPS) is 16.4. The molecule has 0 aliphatic carbocycles. The Morgan fingerprint density at radius 2 is 2.00 bits per heavy atom. The van der Waals surface area contributed by atoms with E-state index in [2.05, 4.69) is 26.6 Å². The van der Waals surface area contributed by atoms with Gasteiger partial charge in [-0.2, -0.15) is 0 Å². The molecule has 0 spiro atoms. The van der Waals surface area contributed by atoms with Gasteiger partial charge in [-0.25, -0.2) is 8.78 Å². The Hall–Kier alpha value is -2.00. The Morgan fingerprint density at radius 1 is 1.19 bits per heavy atom. The quantitative estimate of drug-likeness (QED) is 0.700. The van der Waals surface area contributed by atoms with E-state index in [1.54, 1.807) is 18.2 Å². The van der Waals surface area contributed by atoms with E-state index in [0.717, 1.165) is 22.8 Å². The molecule has 1 aliphatic heterocycles. The molecule has 2 amide bonds. The third kappa shape index (κ3) is 5.26. The second kappa shape index (κ2) is 8.79. The van der Waals surface area contributed by atoms with Crippen LogP contribution in [0, 0.1) is 17.6 Å². The molecule has 3 rings (SSSR count). The number of hydrogen-bond donors (Lipinski definition) is 2. The number of carbonyl (C=O) groups excluding carboxylic acids is 2. The van der Waals surface area contributed by atoms with Crippen molar-refractivity contribution in [1.29, 1.82) is 0 Å². The first-order valence-corrected chi connectivity index (χ1v) is 10.0. The number of hydrogen-bond acceptors (Lipinski definition) is 4. The molecule has 1 aliphatic rings. The fraction of sp³-hybridized carbons (Fsp3) is 0.333. The van der Waals surface area contributed by atoms with Crippen LogP contribution in [0.2, 0.25) is 0 Å². The van der Waals surface area contributed by atoms with E-state index in [1.807, 2.05) is 4.90 Å². The predicted octanol–water partition coefficient (Wildman–Crippen LogP) is 3.16. The number of benzene rings is 1. The summed E-state index contributed by atoms with van der Waals surface area (Å²) >= 11 is 4.59. The molecule has 1 aromatic carbocycles. The Kier molecular flexibility index (Phi) is 6.43. The smallest absolute Gasteiger partial charge is 0.261 e. The zero-order chi connectivity index (χ0) is 19.4. The minimum atomic E-state index is -0.863. The third-order valence-electron chi connectivity index (χ3n) is 4.35. The second-order valence-electron chi connectivity index (χ2n) is 6.29. The number of anilines is 1. The average molecular weight is 458 g/mol. The lowest BCUT2D eigenvalue weighted by Gasteiger charge is -2.19. The molecule has 9 heteroatoms. The summed E-state index contributed by atoms with van der Waals surface area (Å²) in [5.74, 6) is -2.06. The van der Waals surface area contributed by atoms with Gasteiger partial charge in [-0.05, 0) is 52.5 Å². The van der Waals surface area contributed by atoms with Crippen LogP contribution in [0.4, 0.5) is 14.5 Å². The second-order valence-corrected chi connectivity index (χ2v) is 8.75. The molecular weight excluding hydrogens is 440 g/mol. The first-order valence-electron chi connectivity index (χ1n) is 8.42. The lowest BCUT2D eigenvalue weighted by atomic mass is 10.1. The maximum absolute atomic E-state index is 13.4. The largest absolute Gasteiger partial charge is 0.371 e. The third-order valence-corrected chi connectivity index (χ3v) is 5.97. The van der Waals surface area contributed by atoms with Crippen LogP contribution < -0.4 is 15.5 Å². The van der Waals surface area contributed by atoms with Crippen LogP contribution in [0.5, 0.6) is 0 Å². The zero-order valence-corrected chi connectivity index (χ0v) is 16.7. The molecule has 1 saturated heterocycles. The van der Waals surface area contributed by atoms with E-state index in [-0.39, 0.29) is 24.3 Å². The number of nitrogens with one attached hydrogen (secondary N) is 2. The van der Waals surface area contributed by atoms with Gasteiger partial charge in [-0.3, -0.25) is 9.59 Å². The zero-order valence-electron chi connectivity index (χ0n) is 14.3. The van der Waals surface area contributed by atoms with Gasteiger partial charge in [0.2, 0.25) is 5.91 Å². The molecule has 1 atom stereocenters. The molecule has 1 fully saturated rings. The number of amides is 2. The predicted molar refractivity (Wildman–Crippen MR) is 104 cm³/mol. The van der Waals surface area contributed by atoms with E-state index in [4.69, 9.17) is 0 Å². The van der Waals surface area contributed by atoms with Crippen molar-refractivity contribution in [2.24, 2.45) is 5.92 Å². The number of thiophene rings is 1. The monoisotopic (exact) mass is 457 g/mol. The van der Waals surface area contributed by atoms with E-state index >= 15 is 0 Å². The Bertz CT molecular complexity index is 846. The van der Waals surface area contributed by atoms with Crippen molar-refractivity contribution in [3.05, 3.63) is 50.6 Å². The maximum Gasteiger partial charge on any atom is 0.261 e. The number of carbonyl (C=O) groups is 2. The molecule has 2 N–H and O–H groups in total. The van der Waals surface area contributed by atoms with Gasteiger partial charge >= 0.3 is 0 Å². The van der Waals surface area contributed by atoms with Crippen LogP contribution in [-0.4, -0.2) is 38.0 Å². The van der Waals surface area contributed by atoms with Gasteiger partial charge < -0.3 is 15.5 Å². The highest BCUT2D eigenvalue weighted by atomic mass is 79.9. The molecule has 1 aromatic heterocycles. The Balaban J connectivity index is 1.40. The van der Waals surface area contributed by atoms with Crippen molar-refractivity contribution in [1.82, 2.24) is 10.6 Å². The van der Waals surface area contributed by atoms with Crippen molar-refractivity contribution >= 4 is 44.8 Å². The highest BCUT2D eigenvalue weighted by molar-refractivity contribution is 9.11. The Morgan fingerprint density at radius 3 is 2.70 bits per heavy atom. The minimum absolute atomic E-state index is 0.0893. The maximum atomic E-state index is 13.4. The van der Waals surface area contributed by atoms with Crippen LogP contribution in [0.15, 0.2) is 34.1 Å².